The minimum absolute atomic E-state index is 0.292. The molecule has 4 aromatic rings. The Morgan fingerprint density at radius 3 is 2.65 bits per heavy atom. The number of hydrogen-bond acceptors (Lipinski definition) is 4. The Labute approximate surface area is 150 Å². The summed E-state index contributed by atoms with van der Waals surface area (Å²) < 4.78 is 17.3. The fourth-order valence-electron chi connectivity index (χ4n) is 3.43. The van der Waals surface area contributed by atoms with Crippen LogP contribution in [-0.2, 0) is 7.05 Å². The molecule has 4 rings (SSSR count). The van der Waals surface area contributed by atoms with Gasteiger partial charge in [0, 0.05) is 31.4 Å². The Bertz CT molecular complexity index is 1110. The van der Waals surface area contributed by atoms with Crippen LogP contribution >= 0.6 is 0 Å². The topological polar surface area (TPSA) is 62.6 Å². The number of aryl methyl sites for hydroxylation is 2. The molecule has 0 amide bonds. The Kier molecular flexibility index (Phi) is 3.72. The van der Waals surface area contributed by atoms with Gasteiger partial charge in [0.15, 0.2) is 11.5 Å². The maximum Gasteiger partial charge on any atom is 0.178 e. The lowest BCUT2D eigenvalue weighted by molar-refractivity contribution is 0.631. The van der Waals surface area contributed by atoms with Crippen molar-refractivity contribution in [3.63, 3.8) is 0 Å². The summed E-state index contributed by atoms with van der Waals surface area (Å²) in [5, 5.41) is 4.43. The van der Waals surface area contributed by atoms with Gasteiger partial charge in [0.25, 0.3) is 0 Å². The van der Waals surface area contributed by atoms with Crippen molar-refractivity contribution >= 4 is 22.5 Å². The first-order valence-corrected chi connectivity index (χ1v) is 8.30. The first-order valence-electron chi connectivity index (χ1n) is 8.30. The second-order valence-corrected chi connectivity index (χ2v) is 6.30. The minimum Gasteiger partial charge on any atom is -0.343 e. The van der Waals surface area contributed by atoms with E-state index in [-0.39, 0.29) is 5.82 Å². The zero-order valence-electron chi connectivity index (χ0n) is 15.1. The molecule has 1 N–H and O–H groups in total. The van der Waals surface area contributed by atoms with Crippen LogP contribution in [0.3, 0.4) is 0 Å². The maximum absolute atomic E-state index is 15.5. The summed E-state index contributed by atoms with van der Waals surface area (Å²) >= 11 is 0. The smallest absolute Gasteiger partial charge is 0.178 e. The first-order chi connectivity index (χ1) is 12.5. The van der Waals surface area contributed by atoms with Crippen LogP contribution < -0.4 is 4.90 Å². The van der Waals surface area contributed by atoms with Crippen molar-refractivity contribution in [2.75, 3.05) is 11.9 Å². The lowest BCUT2D eigenvalue weighted by Gasteiger charge is -2.22. The van der Waals surface area contributed by atoms with Crippen LogP contribution in [0.1, 0.15) is 11.4 Å². The molecule has 0 radical (unpaired) electrons. The highest BCUT2D eigenvalue weighted by Gasteiger charge is 2.20. The molecule has 0 aliphatic heterocycles. The number of anilines is 2. The molecule has 1 aromatic carbocycles. The molecule has 0 spiro atoms. The predicted octanol–water partition coefficient (Wildman–Crippen LogP) is 3.88. The molecular weight excluding hydrogens is 331 g/mol. The SMILES string of the molecule is Cc1nn(C)c(C)c1N(C)c1cccc(-c2ccnc3nc[nH]c23)c1F. The van der Waals surface area contributed by atoms with Gasteiger partial charge < -0.3 is 9.88 Å². The quantitative estimate of drug-likeness (QED) is 0.609. The van der Waals surface area contributed by atoms with Crippen molar-refractivity contribution in [2.45, 2.75) is 13.8 Å². The molecule has 3 heterocycles. The van der Waals surface area contributed by atoms with E-state index in [2.05, 4.69) is 20.1 Å². The largest absolute Gasteiger partial charge is 0.343 e. The van der Waals surface area contributed by atoms with Crippen LogP contribution in [0.15, 0.2) is 36.8 Å². The molecule has 132 valence electrons. The lowest BCUT2D eigenvalue weighted by Crippen LogP contribution is -2.13. The van der Waals surface area contributed by atoms with Gasteiger partial charge in [-0.05, 0) is 26.0 Å². The highest BCUT2D eigenvalue weighted by molar-refractivity contribution is 5.90. The Balaban J connectivity index is 1.88. The van der Waals surface area contributed by atoms with E-state index in [1.165, 1.54) is 0 Å². The van der Waals surface area contributed by atoms with Gasteiger partial charge in [-0.2, -0.15) is 5.10 Å². The van der Waals surface area contributed by atoms with E-state index in [9.17, 15) is 0 Å². The number of aromatic nitrogens is 5. The maximum atomic E-state index is 15.5. The predicted molar refractivity (Wildman–Crippen MR) is 100 cm³/mol. The van der Waals surface area contributed by atoms with Crippen molar-refractivity contribution in [1.29, 1.82) is 0 Å². The molecule has 0 atom stereocenters. The van der Waals surface area contributed by atoms with E-state index < -0.39 is 0 Å². The van der Waals surface area contributed by atoms with Crippen LogP contribution in [0, 0.1) is 19.7 Å². The molecule has 0 aliphatic rings. The van der Waals surface area contributed by atoms with Gasteiger partial charge in [0.1, 0.15) is 0 Å². The van der Waals surface area contributed by atoms with Gasteiger partial charge in [0.2, 0.25) is 0 Å². The van der Waals surface area contributed by atoms with E-state index in [1.807, 2.05) is 38.9 Å². The van der Waals surface area contributed by atoms with Crippen molar-refractivity contribution in [3.05, 3.63) is 54.0 Å². The van der Waals surface area contributed by atoms with Crippen molar-refractivity contribution in [2.24, 2.45) is 7.05 Å². The summed E-state index contributed by atoms with van der Waals surface area (Å²) in [6.07, 6.45) is 3.21. The summed E-state index contributed by atoms with van der Waals surface area (Å²) in [7, 11) is 3.75. The molecular formula is C19H19FN6. The van der Waals surface area contributed by atoms with E-state index >= 15 is 4.39 Å². The van der Waals surface area contributed by atoms with E-state index in [0.29, 0.717) is 16.9 Å². The highest BCUT2D eigenvalue weighted by atomic mass is 19.1. The Hall–Kier alpha value is -3.22. The van der Waals surface area contributed by atoms with Crippen LogP contribution in [0.4, 0.5) is 15.8 Å². The number of imidazole rings is 1. The molecule has 26 heavy (non-hydrogen) atoms. The van der Waals surface area contributed by atoms with Gasteiger partial charge in [-0.1, -0.05) is 12.1 Å². The minimum atomic E-state index is -0.292. The number of fused-ring (bicyclic) bond motifs is 1. The van der Waals surface area contributed by atoms with E-state index in [1.54, 1.807) is 35.4 Å². The normalized spacial score (nSPS) is 11.3. The van der Waals surface area contributed by atoms with Gasteiger partial charge in [-0.15, -0.1) is 0 Å². The Morgan fingerprint density at radius 2 is 1.92 bits per heavy atom. The molecule has 0 aliphatic carbocycles. The molecule has 0 saturated heterocycles. The van der Waals surface area contributed by atoms with Gasteiger partial charge in [0.05, 0.1) is 34.6 Å². The Morgan fingerprint density at radius 1 is 1.12 bits per heavy atom. The van der Waals surface area contributed by atoms with Crippen molar-refractivity contribution < 1.29 is 4.39 Å². The number of nitrogens with zero attached hydrogens (tertiary/aromatic N) is 5. The third kappa shape index (κ3) is 2.35. The van der Waals surface area contributed by atoms with Crippen LogP contribution in [0.25, 0.3) is 22.3 Å². The van der Waals surface area contributed by atoms with Crippen LogP contribution in [-0.4, -0.2) is 31.8 Å². The summed E-state index contributed by atoms with van der Waals surface area (Å²) in [6, 6.07) is 7.19. The van der Waals surface area contributed by atoms with Gasteiger partial charge in [-0.25, -0.2) is 14.4 Å². The fourth-order valence-corrected chi connectivity index (χ4v) is 3.43. The molecule has 6 nitrogen and oxygen atoms in total. The third-order valence-electron chi connectivity index (χ3n) is 4.76. The summed E-state index contributed by atoms with van der Waals surface area (Å²) in [5.74, 6) is -0.292. The zero-order chi connectivity index (χ0) is 18.4. The number of hydrogen-bond donors (Lipinski definition) is 1. The molecule has 0 bridgehead atoms. The second kappa shape index (κ2) is 5.94. The molecule has 0 unspecified atom stereocenters. The number of aromatic amines is 1. The first kappa shape index (κ1) is 16.3. The van der Waals surface area contributed by atoms with Crippen LogP contribution in [0.5, 0.6) is 0 Å². The fraction of sp³-hybridized carbons (Fsp3) is 0.211. The zero-order valence-corrected chi connectivity index (χ0v) is 15.1. The number of nitrogens with one attached hydrogen (secondary N) is 1. The van der Waals surface area contributed by atoms with Crippen molar-refractivity contribution in [3.8, 4) is 11.1 Å². The average Bonchev–Trinajstić information content (AvgIpc) is 3.19. The molecule has 7 heteroatoms. The monoisotopic (exact) mass is 350 g/mol. The van der Waals surface area contributed by atoms with Gasteiger partial charge >= 0.3 is 0 Å². The standard InChI is InChI=1S/C19H19FN6/c1-11-18(12(2)26(4)24-11)25(3)15-7-5-6-13(16(15)20)14-8-9-21-19-17(14)22-10-23-19/h5-10H,1-4H3,(H,21,22,23). The molecule has 0 fully saturated rings. The number of H-pyrrole nitrogens is 1. The lowest BCUT2D eigenvalue weighted by atomic mass is 10.0. The van der Waals surface area contributed by atoms with E-state index in [0.717, 1.165) is 28.2 Å². The number of pyridine rings is 1. The third-order valence-corrected chi connectivity index (χ3v) is 4.76. The molecule has 3 aromatic heterocycles. The number of benzene rings is 1. The van der Waals surface area contributed by atoms with Gasteiger partial charge in [-0.3, -0.25) is 4.68 Å². The summed E-state index contributed by atoms with van der Waals surface area (Å²) in [5.41, 5.74) is 5.77. The van der Waals surface area contributed by atoms with Crippen LogP contribution in [0.2, 0.25) is 0 Å². The summed E-state index contributed by atoms with van der Waals surface area (Å²) in [6.45, 7) is 3.90. The highest BCUT2D eigenvalue weighted by Crippen LogP contribution is 2.36. The number of rotatable bonds is 3. The van der Waals surface area contributed by atoms with E-state index in [4.69, 9.17) is 0 Å². The second-order valence-electron chi connectivity index (χ2n) is 6.30. The number of halogens is 1. The summed E-state index contributed by atoms with van der Waals surface area (Å²) in [4.78, 5) is 13.3. The van der Waals surface area contributed by atoms with Crippen molar-refractivity contribution in [1.82, 2.24) is 24.7 Å². The molecule has 0 saturated carbocycles. The average molecular weight is 350 g/mol.